The Kier molecular flexibility index (Phi) is 4.90. The average molecular weight is 192 g/mol. The zero-order valence-electron chi connectivity index (χ0n) is 7.56. The van der Waals surface area contributed by atoms with Crippen LogP contribution in [0.3, 0.4) is 0 Å². The molecule has 0 radical (unpaired) electrons. The summed E-state index contributed by atoms with van der Waals surface area (Å²) in [7, 11) is 0. The molecule has 0 saturated heterocycles. The van der Waals surface area contributed by atoms with E-state index in [1.165, 1.54) is 0 Å². The second-order valence-corrected chi connectivity index (χ2v) is 3.32. The molecule has 1 N–H and O–H groups in total. The SMILES string of the molecule is CCC(=O)NC(C(=O)Cl)C(C)C. The highest BCUT2D eigenvalue weighted by Crippen LogP contribution is 2.05. The zero-order chi connectivity index (χ0) is 9.72. The fourth-order valence-electron chi connectivity index (χ4n) is 0.761. The van der Waals surface area contributed by atoms with E-state index in [1.807, 2.05) is 13.8 Å². The minimum Gasteiger partial charge on any atom is -0.345 e. The normalized spacial score (nSPS) is 12.8. The summed E-state index contributed by atoms with van der Waals surface area (Å²) in [6, 6.07) is -0.556. The predicted molar refractivity (Wildman–Crippen MR) is 47.9 cm³/mol. The molecular formula is C8H14ClNO2. The van der Waals surface area contributed by atoms with Gasteiger partial charge >= 0.3 is 0 Å². The van der Waals surface area contributed by atoms with Crippen molar-refractivity contribution >= 4 is 22.8 Å². The van der Waals surface area contributed by atoms with Gasteiger partial charge < -0.3 is 5.32 Å². The first-order chi connectivity index (χ1) is 5.49. The van der Waals surface area contributed by atoms with E-state index in [9.17, 15) is 9.59 Å². The van der Waals surface area contributed by atoms with Crippen molar-refractivity contribution in [2.24, 2.45) is 5.92 Å². The summed E-state index contributed by atoms with van der Waals surface area (Å²) in [5, 5.41) is 2.04. The molecule has 0 aliphatic carbocycles. The molecule has 0 bridgehead atoms. The van der Waals surface area contributed by atoms with Crippen LogP contribution < -0.4 is 5.32 Å². The Labute approximate surface area is 77.5 Å². The number of rotatable bonds is 4. The number of carbonyl (C=O) groups is 2. The monoisotopic (exact) mass is 191 g/mol. The standard InChI is InChI=1S/C8H14ClNO2/c1-4-6(11)10-7(5(2)3)8(9)12/h5,7H,4H2,1-3H3,(H,10,11). The molecule has 1 atom stereocenters. The zero-order valence-corrected chi connectivity index (χ0v) is 8.31. The summed E-state index contributed by atoms with van der Waals surface area (Å²) in [6.45, 7) is 5.40. The van der Waals surface area contributed by atoms with E-state index in [4.69, 9.17) is 11.6 Å². The van der Waals surface area contributed by atoms with Crippen LogP contribution in [0.4, 0.5) is 0 Å². The third kappa shape index (κ3) is 3.72. The lowest BCUT2D eigenvalue weighted by Crippen LogP contribution is -2.42. The van der Waals surface area contributed by atoms with Crippen LogP contribution in [0, 0.1) is 5.92 Å². The second-order valence-electron chi connectivity index (χ2n) is 2.95. The fraction of sp³-hybridized carbons (Fsp3) is 0.750. The molecule has 0 aromatic carbocycles. The van der Waals surface area contributed by atoms with E-state index in [-0.39, 0.29) is 11.8 Å². The Morgan fingerprint density at radius 3 is 2.17 bits per heavy atom. The molecule has 70 valence electrons. The maximum atomic E-state index is 10.9. The number of halogens is 1. The minimum atomic E-state index is -0.556. The van der Waals surface area contributed by atoms with Gasteiger partial charge in [-0.05, 0) is 17.5 Å². The van der Waals surface area contributed by atoms with Crippen molar-refractivity contribution in [1.29, 1.82) is 0 Å². The third-order valence-corrected chi connectivity index (χ3v) is 1.78. The molecule has 0 rings (SSSR count). The van der Waals surface area contributed by atoms with Crippen LogP contribution in [0.15, 0.2) is 0 Å². The Balaban J connectivity index is 4.14. The minimum absolute atomic E-state index is 0.0329. The van der Waals surface area contributed by atoms with Gasteiger partial charge in [-0.1, -0.05) is 20.8 Å². The van der Waals surface area contributed by atoms with Crippen LogP contribution in [0.1, 0.15) is 27.2 Å². The van der Waals surface area contributed by atoms with Gasteiger partial charge in [-0.2, -0.15) is 0 Å². The smallest absolute Gasteiger partial charge is 0.244 e. The molecule has 0 spiro atoms. The Morgan fingerprint density at radius 1 is 1.42 bits per heavy atom. The lowest BCUT2D eigenvalue weighted by atomic mass is 10.1. The molecular weight excluding hydrogens is 178 g/mol. The maximum absolute atomic E-state index is 10.9. The van der Waals surface area contributed by atoms with Crippen LogP contribution >= 0.6 is 11.6 Å². The Morgan fingerprint density at radius 2 is 1.92 bits per heavy atom. The van der Waals surface area contributed by atoms with Crippen molar-refractivity contribution < 1.29 is 9.59 Å². The van der Waals surface area contributed by atoms with E-state index in [0.29, 0.717) is 6.42 Å². The number of amides is 1. The van der Waals surface area contributed by atoms with Crippen molar-refractivity contribution in [2.75, 3.05) is 0 Å². The Hall–Kier alpha value is -0.570. The highest BCUT2D eigenvalue weighted by Gasteiger charge is 2.21. The molecule has 1 amide bonds. The molecule has 12 heavy (non-hydrogen) atoms. The highest BCUT2D eigenvalue weighted by molar-refractivity contribution is 6.64. The molecule has 3 nitrogen and oxygen atoms in total. The van der Waals surface area contributed by atoms with Gasteiger partial charge in [0, 0.05) is 6.42 Å². The average Bonchev–Trinajstić information content (AvgIpc) is 1.98. The molecule has 0 aromatic rings. The summed E-state index contributed by atoms with van der Waals surface area (Å²) in [4.78, 5) is 21.7. The Bertz CT molecular complexity index is 180. The van der Waals surface area contributed by atoms with Gasteiger partial charge in [-0.3, -0.25) is 9.59 Å². The van der Waals surface area contributed by atoms with Gasteiger partial charge in [-0.25, -0.2) is 0 Å². The lowest BCUT2D eigenvalue weighted by molar-refractivity contribution is -0.125. The van der Waals surface area contributed by atoms with Crippen LogP contribution in [0.5, 0.6) is 0 Å². The van der Waals surface area contributed by atoms with Crippen LogP contribution in [-0.2, 0) is 9.59 Å². The van der Waals surface area contributed by atoms with Gasteiger partial charge in [-0.15, -0.1) is 0 Å². The first kappa shape index (κ1) is 11.4. The maximum Gasteiger partial charge on any atom is 0.244 e. The van der Waals surface area contributed by atoms with Gasteiger partial charge in [0.05, 0.1) is 0 Å². The van der Waals surface area contributed by atoms with Crippen LogP contribution in [-0.4, -0.2) is 17.2 Å². The van der Waals surface area contributed by atoms with Gasteiger partial charge in [0.15, 0.2) is 0 Å². The van der Waals surface area contributed by atoms with E-state index in [0.717, 1.165) is 0 Å². The summed E-state index contributed by atoms with van der Waals surface area (Å²) < 4.78 is 0. The first-order valence-electron chi connectivity index (χ1n) is 3.97. The number of carbonyl (C=O) groups excluding carboxylic acids is 2. The summed E-state index contributed by atoms with van der Waals surface area (Å²) in [5.74, 6) is -0.117. The molecule has 0 aliphatic heterocycles. The van der Waals surface area contributed by atoms with Crippen LogP contribution in [0.2, 0.25) is 0 Å². The second kappa shape index (κ2) is 5.14. The van der Waals surface area contributed by atoms with E-state index in [2.05, 4.69) is 5.32 Å². The predicted octanol–water partition coefficient (Wildman–Crippen LogP) is 1.30. The summed E-state index contributed by atoms with van der Waals surface area (Å²) in [6.07, 6.45) is 0.368. The molecule has 0 aromatic heterocycles. The molecule has 1 unspecified atom stereocenters. The first-order valence-corrected chi connectivity index (χ1v) is 4.35. The summed E-state index contributed by atoms with van der Waals surface area (Å²) >= 11 is 5.29. The van der Waals surface area contributed by atoms with Gasteiger partial charge in [0.1, 0.15) is 6.04 Å². The quantitative estimate of drug-likeness (QED) is 0.681. The lowest BCUT2D eigenvalue weighted by Gasteiger charge is -2.17. The van der Waals surface area contributed by atoms with Crippen molar-refractivity contribution in [3.05, 3.63) is 0 Å². The van der Waals surface area contributed by atoms with E-state index in [1.54, 1.807) is 6.92 Å². The van der Waals surface area contributed by atoms with Crippen molar-refractivity contribution in [3.63, 3.8) is 0 Å². The molecule has 0 saturated carbocycles. The van der Waals surface area contributed by atoms with Crippen molar-refractivity contribution in [2.45, 2.75) is 33.2 Å². The van der Waals surface area contributed by atoms with E-state index < -0.39 is 11.3 Å². The molecule has 0 heterocycles. The van der Waals surface area contributed by atoms with Crippen LogP contribution in [0.25, 0.3) is 0 Å². The number of nitrogens with one attached hydrogen (secondary N) is 1. The number of hydrogen-bond donors (Lipinski definition) is 1. The van der Waals surface area contributed by atoms with Crippen molar-refractivity contribution in [3.8, 4) is 0 Å². The van der Waals surface area contributed by atoms with Gasteiger partial charge in [0.2, 0.25) is 11.1 Å². The van der Waals surface area contributed by atoms with Gasteiger partial charge in [0.25, 0.3) is 0 Å². The topological polar surface area (TPSA) is 46.2 Å². The fourth-order valence-corrected chi connectivity index (χ4v) is 1.07. The molecule has 0 fully saturated rings. The third-order valence-electron chi connectivity index (χ3n) is 1.55. The number of hydrogen-bond acceptors (Lipinski definition) is 2. The van der Waals surface area contributed by atoms with E-state index >= 15 is 0 Å². The van der Waals surface area contributed by atoms with Crippen molar-refractivity contribution in [1.82, 2.24) is 5.32 Å². The molecule has 0 aliphatic rings. The highest BCUT2D eigenvalue weighted by atomic mass is 35.5. The molecule has 4 heteroatoms. The summed E-state index contributed by atoms with van der Waals surface area (Å²) in [5.41, 5.74) is 0. The largest absolute Gasteiger partial charge is 0.345 e.